The number of benzene rings is 3. The van der Waals surface area contributed by atoms with Gasteiger partial charge in [0.15, 0.2) is 17.8 Å². The van der Waals surface area contributed by atoms with Crippen LogP contribution < -0.4 is 14.6 Å². The first-order chi connectivity index (χ1) is 14.6. The standard InChI is InChI=1S/C24H22BrN3O2/c1-3-30-22-15-13-20(14-16-22)27-23(17(2)29)26-28(21-7-5-4-6-8-21)24(27)18-9-11-19(25)12-10-18/h4-16,24H,3H2,1-2H3. The number of carbonyl (C=O) groups excluding carboxylic acids is 1. The van der Waals surface area contributed by atoms with Gasteiger partial charge in [-0.1, -0.05) is 46.3 Å². The van der Waals surface area contributed by atoms with Crippen LogP contribution in [0.4, 0.5) is 11.4 Å². The Morgan fingerprint density at radius 3 is 2.23 bits per heavy atom. The van der Waals surface area contributed by atoms with Crippen LogP contribution in [0.2, 0.25) is 0 Å². The predicted octanol–water partition coefficient (Wildman–Crippen LogP) is 5.78. The van der Waals surface area contributed by atoms with Crippen molar-refractivity contribution in [2.75, 3.05) is 16.5 Å². The molecule has 0 radical (unpaired) electrons. The number of anilines is 2. The van der Waals surface area contributed by atoms with Crippen LogP contribution in [0.3, 0.4) is 0 Å². The van der Waals surface area contributed by atoms with E-state index in [0.29, 0.717) is 12.4 Å². The van der Waals surface area contributed by atoms with E-state index < -0.39 is 0 Å². The van der Waals surface area contributed by atoms with Crippen LogP contribution in [-0.2, 0) is 4.79 Å². The van der Waals surface area contributed by atoms with Crippen LogP contribution >= 0.6 is 15.9 Å². The van der Waals surface area contributed by atoms with Gasteiger partial charge in [-0.2, -0.15) is 0 Å². The Kier molecular flexibility index (Phi) is 5.86. The molecule has 0 aromatic heterocycles. The van der Waals surface area contributed by atoms with Gasteiger partial charge in [0.05, 0.1) is 12.3 Å². The molecule has 4 rings (SSSR count). The molecule has 0 saturated carbocycles. The molecular weight excluding hydrogens is 442 g/mol. The summed E-state index contributed by atoms with van der Waals surface area (Å²) in [6, 6.07) is 25.7. The quantitative estimate of drug-likeness (QED) is 0.464. The molecule has 0 spiro atoms. The highest BCUT2D eigenvalue weighted by molar-refractivity contribution is 9.10. The lowest BCUT2D eigenvalue weighted by molar-refractivity contribution is -0.111. The smallest absolute Gasteiger partial charge is 0.198 e. The summed E-state index contributed by atoms with van der Waals surface area (Å²) < 4.78 is 6.58. The van der Waals surface area contributed by atoms with Crippen molar-refractivity contribution in [1.29, 1.82) is 0 Å². The maximum atomic E-state index is 12.6. The van der Waals surface area contributed by atoms with E-state index in [1.54, 1.807) is 6.92 Å². The number of para-hydroxylation sites is 1. The van der Waals surface area contributed by atoms with Gasteiger partial charge >= 0.3 is 0 Å². The first-order valence-corrected chi connectivity index (χ1v) is 10.6. The van der Waals surface area contributed by atoms with Gasteiger partial charge in [-0.3, -0.25) is 9.69 Å². The van der Waals surface area contributed by atoms with Crippen LogP contribution in [0.25, 0.3) is 0 Å². The zero-order valence-electron chi connectivity index (χ0n) is 16.8. The second-order valence-electron chi connectivity index (χ2n) is 6.88. The predicted molar refractivity (Wildman–Crippen MR) is 124 cm³/mol. The van der Waals surface area contributed by atoms with Gasteiger partial charge in [-0.15, -0.1) is 5.10 Å². The van der Waals surface area contributed by atoms with Crippen molar-refractivity contribution in [3.8, 4) is 5.75 Å². The van der Waals surface area contributed by atoms with Gasteiger partial charge < -0.3 is 4.74 Å². The Balaban J connectivity index is 1.84. The molecule has 0 bridgehead atoms. The molecule has 0 aliphatic carbocycles. The summed E-state index contributed by atoms with van der Waals surface area (Å²) in [7, 11) is 0. The van der Waals surface area contributed by atoms with Crippen LogP contribution in [0.5, 0.6) is 5.75 Å². The Morgan fingerprint density at radius 2 is 1.63 bits per heavy atom. The number of hydrazone groups is 1. The lowest BCUT2D eigenvalue weighted by Crippen LogP contribution is -2.37. The monoisotopic (exact) mass is 463 g/mol. The summed E-state index contributed by atoms with van der Waals surface area (Å²) >= 11 is 3.51. The zero-order valence-corrected chi connectivity index (χ0v) is 18.4. The molecule has 0 amide bonds. The highest BCUT2D eigenvalue weighted by atomic mass is 79.9. The molecule has 152 valence electrons. The Labute approximate surface area is 184 Å². The van der Waals surface area contributed by atoms with Crippen molar-refractivity contribution in [2.45, 2.75) is 20.0 Å². The van der Waals surface area contributed by atoms with Crippen molar-refractivity contribution < 1.29 is 9.53 Å². The minimum absolute atomic E-state index is 0.0931. The minimum atomic E-state index is -0.294. The highest BCUT2D eigenvalue weighted by Gasteiger charge is 2.39. The molecule has 0 fully saturated rings. The number of hydrogen-bond donors (Lipinski definition) is 0. The van der Waals surface area contributed by atoms with E-state index in [0.717, 1.165) is 27.2 Å². The van der Waals surface area contributed by atoms with Crippen LogP contribution in [0.1, 0.15) is 25.6 Å². The van der Waals surface area contributed by atoms with E-state index in [1.165, 1.54) is 0 Å². The average molecular weight is 464 g/mol. The summed E-state index contributed by atoms with van der Waals surface area (Å²) in [4.78, 5) is 14.6. The first-order valence-electron chi connectivity index (χ1n) is 9.80. The molecule has 1 aliphatic heterocycles. The van der Waals surface area contributed by atoms with E-state index in [1.807, 2.05) is 95.7 Å². The summed E-state index contributed by atoms with van der Waals surface area (Å²) in [5, 5.41) is 6.64. The number of nitrogens with zero attached hydrogens (tertiary/aromatic N) is 3. The number of amidine groups is 1. The van der Waals surface area contributed by atoms with Crippen molar-refractivity contribution in [3.63, 3.8) is 0 Å². The van der Waals surface area contributed by atoms with E-state index in [9.17, 15) is 4.79 Å². The lowest BCUT2D eigenvalue weighted by atomic mass is 10.1. The van der Waals surface area contributed by atoms with E-state index in [-0.39, 0.29) is 11.9 Å². The first kappa shape index (κ1) is 20.2. The van der Waals surface area contributed by atoms with Gasteiger partial charge in [0.2, 0.25) is 0 Å². The van der Waals surface area contributed by atoms with E-state index >= 15 is 0 Å². The second-order valence-corrected chi connectivity index (χ2v) is 7.80. The summed E-state index contributed by atoms with van der Waals surface area (Å²) in [6.07, 6.45) is -0.294. The maximum Gasteiger partial charge on any atom is 0.198 e. The third-order valence-electron chi connectivity index (χ3n) is 4.84. The summed E-state index contributed by atoms with van der Waals surface area (Å²) in [5.41, 5.74) is 2.81. The zero-order chi connectivity index (χ0) is 21.1. The molecule has 30 heavy (non-hydrogen) atoms. The molecule has 0 N–H and O–H groups in total. The van der Waals surface area contributed by atoms with Crippen molar-refractivity contribution >= 4 is 38.9 Å². The molecule has 0 saturated heterocycles. The molecule has 3 aromatic rings. The van der Waals surface area contributed by atoms with E-state index in [2.05, 4.69) is 15.9 Å². The molecule has 5 nitrogen and oxygen atoms in total. The number of rotatable bonds is 6. The fourth-order valence-corrected chi connectivity index (χ4v) is 3.77. The second kappa shape index (κ2) is 8.71. The molecule has 1 heterocycles. The summed E-state index contributed by atoms with van der Waals surface area (Å²) in [6.45, 7) is 4.11. The van der Waals surface area contributed by atoms with Gasteiger partial charge in [0, 0.05) is 17.1 Å². The van der Waals surface area contributed by atoms with E-state index in [4.69, 9.17) is 9.84 Å². The average Bonchev–Trinajstić information content (AvgIpc) is 3.17. The van der Waals surface area contributed by atoms with Crippen molar-refractivity contribution in [3.05, 3.63) is 88.9 Å². The third kappa shape index (κ3) is 3.96. The molecule has 1 unspecified atom stereocenters. The number of halogens is 1. The van der Waals surface area contributed by atoms with Crippen LogP contribution in [-0.4, -0.2) is 18.2 Å². The summed E-state index contributed by atoms with van der Waals surface area (Å²) in [5.74, 6) is 1.10. The van der Waals surface area contributed by atoms with Gasteiger partial charge in [-0.05, 0) is 61.0 Å². The minimum Gasteiger partial charge on any atom is -0.494 e. The Hall–Kier alpha value is -3.12. The molecule has 1 atom stereocenters. The highest BCUT2D eigenvalue weighted by Crippen LogP contribution is 2.39. The van der Waals surface area contributed by atoms with Crippen LogP contribution in [0, 0.1) is 0 Å². The SMILES string of the molecule is CCOc1ccc(N2C(C(C)=O)=NN(c3ccccc3)C2c2ccc(Br)cc2)cc1. The normalized spacial score (nSPS) is 15.8. The van der Waals surface area contributed by atoms with Crippen LogP contribution in [0.15, 0.2) is 88.4 Å². The number of ketones is 1. The Bertz CT molecular complexity index is 1050. The van der Waals surface area contributed by atoms with Gasteiger partial charge in [0.1, 0.15) is 5.75 Å². The molecule has 6 heteroatoms. The topological polar surface area (TPSA) is 45.1 Å². The number of hydrogen-bond acceptors (Lipinski definition) is 5. The van der Waals surface area contributed by atoms with Gasteiger partial charge in [0.25, 0.3) is 0 Å². The largest absolute Gasteiger partial charge is 0.494 e. The van der Waals surface area contributed by atoms with Crippen molar-refractivity contribution in [1.82, 2.24) is 0 Å². The maximum absolute atomic E-state index is 12.6. The fraction of sp³-hybridized carbons (Fsp3) is 0.167. The number of ether oxygens (including phenoxy) is 1. The third-order valence-corrected chi connectivity index (χ3v) is 5.37. The van der Waals surface area contributed by atoms with Gasteiger partial charge in [-0.25, -0.2) is 5.01 Å². The number of Topliss-reactive ketones (excluding diaryl/α,β-unsaturated/α-hetero) is 1. The molecule has 3 aromatic carbocycles. The number of carbonyl (C=O) groups is 1. The van der Waals surface area contributed by atoms with Crippen molar-refractivity contribution in [2.24, 2.45) is 5.10 Å². The Morgan fingerprint density at radius 1 is 0.967 bits per heavy atom. The fourth-order valence-electron chi connectivity index (χ4n) is 3.51. The molecular formula is C24H22BrN3O2. The lowest BCUT2D eigenvalue weighted by Gasteiger charge is -2.32. The molecule has 1 aliphatic rings.